The number of carbonyl (C=O) groups excluding carboxylic acids is 1. The van der Waals surface area contributed by atoms with Gasteiger partial charge in [0.15, 0.2) is 5.82 Å². The number of likely N-dealkylation sites (tertiary alicyclic amines) is 1. The predicted molar refractivity (Wildman–Crippen MR) is 102 cm³/mol. The van der Waals surface area contributed by atoms with E-state index in [1.54, 1.807) is 0 Å². The summed E-state index contributed by atoms with van der Waals surface area (Å²) in [5.41, 5.74) is 5.50. The number of halogens is 4. The number of primary amides is 1. The Balaban J connectivity index is 2.06. The standard InChI is InChI=1S/C19H18F4N6O3/c20-11-1-3-12(4-2-11)26-17-13(16(25)30)9-29(27-17)15-10(8-24)5-6-28(18(31)32)14(15)7-19(21,22)23/h1-4,9-10,14-15H,5-7H2,(H2,25,30)(H,26,27)(H,31,32)/t10-,14?,15-/m1/s1. The lowest BCUT2D eigenvalue weighted by Crippen LogP contribution is -2.53. The van der Waals surface area contributed by atoms with E-state index in [1.807, 2.05) is 6.07 Å². The summed E-state index contributed by atoms with van der Waals surface area (Å²) in [6, 6.07) is 3.91. The number of aromatic nitrogens is 2. The van der Waals surface area contributed by atoms with E-state index in [0.29, 0.717) is 10.6 Å². The van der Waals surface area contributed by atoms with Crippen molar-refractivity contribution in [3.63, 3.8) is 0 Å². The highest BCUT2D eigenvalue weighted by molar-refractivity contribution is 5.98. The van der Waals surface area contributed by atoms with Gasteiger partial charge in [-0.2, -0.15) is 23.5 Å². The van der Waals surface area contributed by atoms with E-state index in [4.69, 9.17) is 5.73 Å². The maximum absolute atomic E-state index is 13.3. The van der Waals surface area contributed by atoms with E-state index in [9.17, 15) is 37.5 Å². The molecule has 0 radical (unpaired) electrons. The van der Waals surface area contributed by atoms with Crippen LogP contribution in [0.2, 0.25) is 0 Å². The first-order valence-electron chi connectivity index (χ1n) is 9.37. The van der Waals surface area contributed by atoms with Crippen molar-refractivity contribution in [3.8, 4) is 6.07 Å². The van der Waals surface area contributed by atoms with Crippen LogP contribution in [-0.4, -0.2) is 50.6 Å². The molecule has 1 aromatic carbocycles. The number of nitrogens with two attached hydrogens (primary N) is 1. The van der Waals surface area contributed by atoms with Crippen molar-refractivity contribution in [2.45, 2.75) is 31.1 Å². The van der Waals surface area contributed by atoms with Gasteiger partial charge in [-0.15, -0.1) is 0 Å². The molecule has 1 unspecified atom stereocenters. The van der Waals surface area contributed by atoms with Gasteiger partial charge in [0.1, 0.15) is 11.4 Å². The summed E-state index contributed by atoms with van der Waals surface area (Å²) >= 11 is 0. The minimum atomic E-state index is -4.72. The molecule has 32 heavy (non-hydrogen) atoms. The number of amides is 2. The van der Waals surface area contributed by atoms with Crippen molar-refractivity contribution >= 4 is 23.5 Å². The van der Waals surface area contributed by atoms with E-state index in [1.165, 1.54) is 12.1 Å². The largest absolute Gasteiger partial charge is 0.465 e. The molecule has 1 fully saturated rings. The molecule has 0 saturated carbocycles. The highest BCUT2D eigenvalue weighted by Crippen LogP contribution is 2.39. The van der Waals surface area contributed by atoms with Gasteiger partial charge in [0.25, 0.3) is 5.91 Å². The van der Waals surface area contributed by atoms with E-state index in [-0.39, 0.29) is 24.3 Å². The van der Waals surface area contributed by atoms with Gasteiger partial charge in [-0.3, -0.25) is 9.48 Å². The number of piperidine rings is 1. The second-order valence-corrected chi connectivity index (χ2v) is 7.25. The average molecular weight is 454 g/mol. The van der Waals surface area contributed by atoms with Crippen LogP contribution in [0.3, 0.4) is 0 Å². The molecule has 13 heteroatoms. The minimum absolute atomic E-state index is 0.0195. The van der Waals surface area contributed by atoms with E-state index in [2.05, 4.69) is 10.4 Å². The molecule has 0 aliphatic carbocycles. The number of hydrogen-bond acceptors (Lipinski definition) is 5. The number of rotatable bonds is 5. The summed E-state index contributed by atoms with van der Waals surface area (Å²) in [6.45, 7) is -0.255. The fraction of sp³-hybridized carbons (Fsp3) is 0.368. The molecule has 2 amide bonds. The minimum Gasteiger partial charge on any atom is -0.465 e. The lowest BCUT2D eigenvalue weighted by molar-refractivity contribution is -0.153. The van der Waals surface area contributed by atoms with Gasteiger partial charge in [0.05, 0.1) is 30.5 Å². The van der Waals surface area contributed by atoms with Crippen LogP contribution in [0, 0.1) is 23.1 Å². The molecule has 0 spiro atoms. The van der Waals surface area contributed by atoms with Gasteiger partial charge in [0.2, 0.25) is 0 Å². The van der Waals surface area contributed by atoms with Crippen molar-refractivity contribution in [2.24, 2.45) is 11.7 Å². The van der Waals surface area contributed by atoms with Crippen LogP contribution in [0.25, 0.3) is 0 Å². The zero-order valence-electron chi connectivity index (χ0n) is 16.4. The van der Waals surface area contributed by atoms with E-state index >= 15 is 0 Å². The molecule has 1 aromatic heterocycles. The molecule has 1 saturated heterocycles. The van der Waals surface area contributed by atoms with Crippen molar-refractivity contribution in [3.05, 3.63) is 41.8 Å². The zero-order valence-corrected chi connectivity index (χ0v) is 16.4. The van der Waals surface area contributed by atoms with Gasteiger partial charge in [0, 0.05) is 18.4 Å². The molecular weight excluding hydrogens is 436 g/mol. The normalized spacial score (nSPS) is 21.1. The number of nitriles is 1. The van der Waals surface area contributed by atoms with Gasteiger partial charge in [-0.05, 0) is 30.7 Å². The number of nitrogens with one attached hydrogen (secondary N) is 1. The molecule has 9 nitrogen and oxygen atoms in total. The third-order valence-electron chi connectivity index (χ3n) is 5.15. The van der Waals surface area contributed by atoms with Gasteiger partial charge in [-0.1, -0.05) is 0 Å². The van der Waals surface area contributed by atoms with Crippen molar-refractivity contribution in [1.82, 2.24) is 14.7 Å². The lowest BCUT2D eigenvalue weighted by Gasteiger charge is -2.42. The highest BCUT2D eigenvalue weighted by Gasteiger charge is 2.47. The molecule has 4 N–H and O–H groups in total. The Labute approximate surface area is 179 Å². The van der Waals surface area contributed by atoms with Crippen molar-refractivity contribution in [1.29, 1.82) is 5.26 Å². The van der Waals surface area contributed by atoms with Crippen LogP contribution in [0.4, 0.5) is 33.9 Å². The summed E-state index contributed by atoms with van der Waals surface area (Å²) in [5.74, 6) is -2.59. The van der Waals surface area contributed by atoms with Gasteiger partial charge < -0.3 is 21.1 Å². The fourth-order valence-electron chi connectivity index (χ4n) is 3.76. The summed E-state index contributed by atoms with van der Waals surface area (Å²) < 4.78 is 54.0. The fourth-order valence-corrected chi connectivity index (χ4v) is 3.76. The second-order valence-electron chi connectivity index (χ2n) is 7.25. The molecule has 0 bridgehead atoms. The third-order valence-corrected chi connectivity index (χ3v) is 5.15. The maximum Gasteiger partial charge on any atom is 0.407 e. The summed E-state index contributed by atoms with van der Waals surface area (Å²) in [5, 5.41) is 25.8. The lowest BCUT2D eigenvalue weighted by atomic mass is 9.85. The first-order chi connectivity index (χ1) is 15.0. The Morgan fingerprint density at radius 3 is 2.50 bits per heavy atom. The number of nitrogens with zero attached hydrogens (tertiary/aromatic N) is 4. The molecule has 2 heterocycles. The number of carbonyl (C=O) groups is 2. The van der Waals surface area contributed by atoms with Crippen molar-refractivity contribution < 1.29 is 32.3 Å². The predicted octanol–water partition coefficient (Wildman–Crippen LogP) is 3.25. The molecule has 1 aliphatic rings. The Hall–Kier alpha value is -3.82. The first kappa shape index (κ1) is 22.9. The number of anilines is 2. The Kier molecular flexibility index (Phi) is 6.24. The molecule has 2 aromatic rings. The monoisotopic (exact) mass is 454 g/mol. The Morgan fingerprint density at radius 1 is 1.31 bits per heavy atom. The van der Waals surface area contributed by atoms with Crippen LogP contribution < -0.4 is 11.1 Å². The smallest absolute Gasteiger partial charge is 0.407 e. The Bertz CT molecular complexity index is 1050. The van der Waals surface area contributed by atoms with E-state index in [0.717, 1.165) is 23.0 Å². The van der Waals surface area contributed by atoms with E-state index < -0.39 is 48.4 Å². The summed E-state index contributed by atoms with van der Waals surface area (Å²) in [7, 11) is 0. The molecule has 3 rings (SSSR count). The Morgan fingerprint density at radius 2 is 1.97 bits per heavy atom. The van der Waals surface area contributed by atoms with Crippen LogP contribution in [-0.2, 0) is 0 Å². The van der Waals surface area contributed by atoms with Crippen LogP contribution in [0.1, 0.15) is 29.2 Å². The third kappa shape index (κ3) is 4.90. The number of carboxylic acid groups (broad SMARTS) is 1. The molecule has 3 atom stereocenters. The summed E-state index contributed by atoms with van der Waals surface area (Å²) in [4.78, 5) is 24.1. The average Bonchev–Trinajstić information content (AvgIpc) is 3.11. The molecular formula is C19H18F4N6O3. The first-order valence-corrected chi connectivity index (χ1v) is 9.37. The van der Waals surface area contributed by atoms with Crippen LogP contribution in [0.15, 0.2) is 30.5 Å². The quantitative estimate of drug-likeness (QED) is 0.593. The number of alkyl halides is 3. The van der Waals surface area contributed by atoms with Crippen LogP contribution in [0.5, 0.6) is 0 Å². The zero-order chi connectivity index (χ0) is 23.6. The second kappa shape index (κ2) is 8.74. The molecule has 1 aliphatic heterocycles. The topological polar surface area (TPSA) is 137 Å². The van der Waals surface area contributed by atoms with Crippen molar-refractivity contribution in [2.75, 3.05) is 11.9 Å². The summed E-state index contributed by atoms with van der Waals surface area (Å²) in [6.07, 6.45) is -6.73. The molecule has 170 valence electrons. The van der Waals surface area contributed by atoms with Crippen LogP contribution >= 0.6 is 0 Å². The highest BCUT2D eigenvalue weighted by atomic mass is 19.4. The van der Waals surface area contributed by atoms with Gasteiger partial charge in [-0.25, -0.2) is 9.18 Å². The maximum atomic E-state index is 13.3. The van der Waals surface area contributed by atoms with Gasteiger partial charge >= 0.3 is 12.3 Å². The number of hydrogen-bond donors (Lipinski definition) is 3. The SMILES string of the molecule is N#C[C@H]1CCN(C(=O)O)C(CC(F)(F)F)[C@@H]1n1cc(C(N)=O)c(Nc2ccc(F)cc2)n1. The number of benzene rings is 1.